The normalized spacial score (nSPS) is 10.5. The second-order valence-electron chi connectivity index (χ2n) is 6.80. The Morgan fingerprint density at radius 1 is 1.16 bits per heavy atom. The van der Waals surface area contributed by atoms with E-state index in [0.29, 0.717) is 23.0 Å². The number of unbranched alkanes of at least 4 members (excludes halogenated alkanes) is 1. The second-order valence-corrected chi connectivity index (χ2v) is 7.75. The molecule has 8 heteroatoms. The summed E-state index contributed by atoms with van der Waals surface area (Å²) in [5.41, 5.74) is 2.12. The van der Waals surface area contributed by atoms with Gasteiger partial charge in [0, 0.05) is 35.9 Å². The number of carbonyl (C=O) groups is 2. The fraction of sp³-hybridized carbons (Fsp3) is 0.261. The molecule has 0 unspecified atom stereocenters. The van der Waals surface area contributed by atoms with Crippen LogP contribution in [0.2, 0.25) is 0 Å². The predicted molar refractivity (Wildman–Crippen MR) is 123 cm³/mol. The Hall–Kier alpha value is -3.26. The number of aromatic nitrogens is 2. The number of carbonyl (C=O) groups excluding carboxylic acids is 2. The summed E-state index contributed by atoms with van der Waals surface area (Å²) in [6, 6.07) is 14.5. The second kappa shape index (κ2) is 11.2. The van der Waals surface area contributed by atoms with Crippen LogP contribution in [0.3, 0.4) is 0 Å². The number of hydrogen-bond acceptors (Lipinski definition) is 5. The minimum absolute atomic E-state index is 0.0940. The van der Waals surface area contributed by atoms with E-state index < -0.39 is 0 Å². The first-order valence-electron chi connectivity index (χ1n) is 10.1. The number of ether oxygens (including phenoxy) is 1. The van der Waals surface area contributed by atoms with Crippen LogP contribution < -0.4 is 15.4 Å². The fourth-order valence-electron chi connectivity index (χ4n) is 2.87. The summed E-state index contributed by atoms with van der Waals surface area (Å²) < 4.78 is 6.99. The van der Waals surface area contributed by atoms with Gasteiger partial charge in [-0.15, -0.1) is 0 Å². The van der Waals surface area contributed by atoms with Crippen molar-refractivity contribution in [3.63, 3.8) is 0 Å². The van der Waals surface area contributed by atoms with E-state index in [2.05, 4.69) is 22.5 Å². The number of amides is 2. The molecule has 7 nitrogen and oxygen atoms in total. The van der Waals surface area contributed by atoms with Gasteiger partial charge in [0.2, 0.25) is 5.91 Å². The maximum Gasteiger partial charge on any atom is 0.251 e. The predicted octanol–water partition coefficient (Wildman–Crippen LogP) is 4.14. The van der Waals surface area contributed by atoms with Gasteiger partial charge in [-0.25, -0.2) is 4.98 Å². The van der Waals surface area contributed by atoms with Crippen molar-refractivity contribution >= 4 is 29.3 Å². The number of nitrogens with one attached hydrogen (secondary N) is 2. The Balaban J connectivity index is 1.62. The third kappa shape index (κ3) is 6.36. The summed E-state index contributed by atoms with van der Waals surface area (Å²) in [5, 5.41) is 6.46. The SMILES string of the molecule is CCCCNC(=O)c1cccc(-n2ccnc2SCC(=O)Nc2ccc(OC)cc2)c1. The smallest absolute Gasteiger partial charge is 0.251 e. The molecule has 1 heterocycles. The molecule has 0 aliphatic carbocycles. The Labute approximate surface area is 186 Å². The monoisotopic (exact) mass is 438 g/mol. The van der Waals surface area contributed by atoms with Gasteiger partial charge >= 0.3 is 0 Å². The number of imidazole rings is 1. The van der Waals surface area contributed by atoms with Gasteiger partial charge in [-0.1, -0.05) is 31.2 Å². The zero-order valence-corrected chi connectivity index (χ0v) is 18.4. The molecule has 0 atom stereocenters. The van der Waals surface area contributed by atoms with Crippen molar-refractivity contribution in [3.8, 4) is 11.4 Å². The third-order valence-corrected chi connectivity index (χ3v) is 5.48. The Kier molecular flexibility index (Phi) is 8.12. The number of hydrogen-bond donors (Lipinski definition) is 2. The van der Waals surface area contributed by atoms with Crippen molar-refractivity contribution < 1.29 is 14.3 Å². The number of rotatable bonds is 10. The lowest BCUT2D eigenvalue weighted by molar-refractivity contribution is -0.113. The first kappa shape index (κ1) is 22.4. The molecule has 3 rings (SSSR count). The Morgan fingerprint density at radius 3 is 2.71 bits per heavy atom. The largest absolute Gasteiger partial charge is 0.497 e. The van der Waals surface area contributed by atoms with Crippen LogP contribution in [0.25, 0.3) is 5.69 Å². The highest BCUT2D eigenvalue weighted by molar-refractivity contribution is 7.99. The lowest BCUT2D eigenvalue weighted by Gasteiger charge is -2.10. The number of nitrogens with zero attached hydrogens (tertiary/aromatic N) is 2. The van der Waals surface area contributed by atoms with Gasteiger partial charge in [-0.3, -0.25) is 14.2 Å². The molecule has 2 N–H and O–H groups in total. The highest BCUT2D eigenvalue weighted by atomic mass is 32.2. The van der Waals surface area contributed by atoms with Gasteiger partial charge in [0.05, 0.1) is 12.9 Å². The quantitative estimate of drug-likeness (QED) is 0.367. The van der Waals surface area contributed by atoms with Gasteiger partial charge in [0.15, 0.2) is 5.16 Å². The first-order chi connectivity index (χ1) is 15.1. The molecule has 0 bridgehead atoms. The zero-order chi connectivity index (χ0) is 22.1. The van der Waals surface area contributed by atoms with E-state index in [-0.39, 0.29) is 17.6 Å². The van der Waals surface area contributed by atoms with Crippen LogP contribution >= 0.6 is 11.8 Å². The van der Waals surface area contributed by atoms with E-state index in [1.165, 1.54) is 11.8 Å². The van der Waals surface area contributed by atoms with Crippen molar-refractivity contribution in [2.75, 3.05) is 24.7 Å². The fourth-order valence-corrected chi connectivity index (χ4v) is 3.65. The van der Waals surface area contributed by atoms with Crippen LogP contribution in [0.4, 0.5) is 5.69 Å². The third-order valence-electron chi connectivity index (χ3n) is 4.52. The molecule has 31 heavy (non-hydrogen) atoms. The van der Waals surface area contributed by atoms with E-state index in [0.717, 1.165) is 24.3 Å². The molecule has 0 aliphatic rings. The molecule has 162 valence electrons. The van der Waals surface area contributed by atoms with Crippen LogP contribution in [0.15, 0.2) is 66.1 Å². The molecular formula is C23H26N4O3S. The van der Waals surface area contributed by atoms with Gasteiger partial charge in [-0.05, 0) is 48.9 Å². The molecule has 2 aromatic carbocycles. The minimum atomic E-state index is -0.131. The molecule has 1 aromatic heterocycles. The van der Waals surface area contributed by atoms with Gasteiger partial charge < -0.3 is 15.4 Å². The topological polar surface area (TPSA) is 85.2 Å². The van der Waals surface area contributed by atoms with E-state index in [9.17, 15) is 9.59 Å². The minimum Gasteiger partial charge on any atom is -0.497 e. The maximum atomic E-state index is 12.4. The lowest BCUT2D eigenvalue weighted by Crippen LogP contribution is -2.24. The Bertz CT molecular complexity index is 1020. The van der Waals surface area contributed by atoms with Crippen molar-refractivity contribution in [1.82, 2.24) is 14.9 Å². The molecule has 0 spiro atoms. The van der Waals surface area contributed by atoms with Gasteiger partial charge in [0.25, 0.3) is 5.91 Å². The van der Waals surface area contributed by atoms with Crippen LogP contribution in [0, 0.1) is 0 Å². The van der Waals surface area contributed by atoms with E-state index in [4.69, 9.17) is 4.74 Å². The molecule has 0 saturated heterocycles. The zero-order valence-electron chi connectivity index (χ0n) is 17.6. The summed E-state index contributed by atoms with van der Waals surface area (Å²) in [6.45, 7) is 2.75. The molecule has 0 saturated carbocycles. The van der Waals surface area contributed by atoms with E-state index in [1.807, 2.05) is 29.0 Å². The van der Waals surface area contributed by atoms with Crippen molar-refractivity contribution in [2.24, 2.45) is 0 Å². The first-order valence-corrected chi connectivity index (χ1v) is 11.1. The average Bonchev–Trinajstić information content (AvgIpc) is 3.27. The Morgan fingerprint density at radius 2 is 1.97 bits per heavy atom. The van der Waals surface area contributed by atoms with Crippen LogP contribution in [-0.2, 0) is 4.79 Å². The summed E-state index contributed by atoms with van der Waals surface area (Å²) in [5.74, 6) is 0.716. The van der Waals surface area contributed by atoms with E-state index in [1.54, 1.807) is 43.6 Å². The maximum absolute atomic E-state index is 12.4. The van der Waals surface area contributed by atoms with Crippen molar-refractivity contribution in [2.45, 2.75) is 24.9 Å². The molecule has 0 fully saturated rings. The standard InChI is InChI=1S/C23H26N4O3S/c1-3-4-12-24-22(29)17-6-5-7-19(15-17)27-14-13-25-23(27)31-16-21(28)26-18-8-10-20(30-2)11-9-18/h5-11,13-15H,3-4,12,16H2,1-2H3,(H,24,29)(H,26,28). The number of thioether (sulfide) groups is 1. The highest BCUT2D eigenvalue weighted by Gasteiger charge is 2.12. The highest BCUT2D eigenvalue weighted by Crippen LogP contribution is 2.22. The lowest BCUT2D eigenvalue weighted by atomic mass is 10.2. The molecule has 0 radical (unpaired) electrons. The molecule has 2 amide bonds. The van der Waals surface area contributed by atoms with Gasteiger partial charge in [-0.2, -0.15) is 0 Å². The van der Waals surface area contributed by atoms with Crippen LogP contribution in [0.5, 0.6) is 5.75 Å². The number of anilines is 1. The summed E-state index contributed by atoms with van der Waals surface area (Å²) >= 11 is 1.33. The van der Waals surface area contributed by atoms with Crippen molar-refractivity contribution in [3.05, 3.63) is 66.5 Å². The van der Waals surface area contributed by atoms with Crippen LogP contribution in [0.1, 0.15) is 30.1 Å². The molecule has 3 aromatic rings. The van der Waals surface area contributed by atoms with Crippen molar-refractivity contribution in [1.29, 1.82) is 0 Å². The summed E-state index contributed by atoms with van der Waals surface area (Å²) in [7, 11) is 1.60. The van der Waals surface area contributed by atoms with Crippen LogP contribution in [-0.4, -0.2) is 40.8 Å². The van der Waals surface area contributed by atoms with E-state index >= 15 is 0 Å². The van der Waals surface area contributed by atoms with Gasteiger partial charge in [0.1, 0.15) is 5.75 Å². The number of methoxy groups -OCH3 is 1. The average molecular weight is 439 g/mol. The summed E-state index contributed by atoms with van der Waals surface area (Å²) in [4.78, 5) is 29.0. The number of benzene rings is 2. The summed E-state index contributed by atoms with van der Waals surface area (Å²) in [6.07, 6.45) is 5.48. The molecule has 0 aliphatic heterocycles. The molecular weight excluding hydrogens is 412 g/mol.